The Balaban J connectivity index is 1.98. The van der Waals surface area contributed by atoms with Gasteiger partial charge in [0.1, 0.15) is 11.6 Å². The van der Waals surface area contributed by atoms with E-state index >= 15 is 0 Å². The summed E-state index contributed by atoms with van der Waals surface area (Å²) >= 11 is 0. The number of rotatable bonds is 9. The number of methoxy groups -OCH3 is 1. The lowest BCUT2D eigenvalue weighted by molar-refractivity contribution is -0.123. The number of carbonyl (C=O) groups is 1. The van der Waals surface area contributed by atoms with Gasteiger partial charge in [-0.1, -0.05) is 0 Å². The number of aromatic nitrogens is 1. The predicted octanol–water partition coefficient (Wildman–Crippen LogP) is 2.04. The van der Waals surface area contributed by atoms with Crippen LogP contribution in [0.2, 0.25) is 0 Å². The highest BCUT2D eigenvalue weighted by Crippen LogP contribution is 2.26. The van der Waals surface area contributed by atoms with Gasteiger partial charge in [-0.3, -0.25) is 4.79 Å². The van der Waals surface area contributed by atoms with E-state index in [1.165, 1.54) is 19.4 Å². The fourth-order valence-corrected chi connectivity index (χ4v) is 2.43. The van der Waals surface area contributed by atoms with Crippen LogP contribution < -0.4 is 14.9 Å². The van der Waals surface area contributed by atoms with Gasteiger partial charge in [0.05, 0.1) is 19.4 Å². The minimum atomic E-state index is -0.523. The number of amides is 1. The van der Waals surface area contributed by atoms with Crippen molar-refractivity contribution in [2.45, 2.75) is 20.5 Å². The number of aryl methyl sites for hydroxylation is 1. The van der Waals surface area contributed by atoms with Crippen LogP contribution >= 0.6 is 0 Å². The second-order valence-electron chi connectivity index (χ2n) is 5.89. The highest BCUT2D eigenvalue weighted by molar-refractivity contribution is 5.83. The van der Waals surface area contributed by atoms with Gasteiger partial charge in [0.25, 0.3) is 5.91 Å². The number of hydrazone groups is 1. The molecule has 2 aromatic rings. The first-order valence-electron chi connectivity index (χ1n) is 8.78. The van der Waals surface area contributed by atoms with Crippen LogP contribution in [-0.4, -0.2) is 42.5 Å². The fraction of sp³-hybridized carbons (Fsp3) is 0.300. The predicted molar refractivity (Wildman–Crippen MR) is 105 cm³/mol. The van der Waals surface area contributed by atoms with Crippen molar-refractivity contribution in [3.63, 3.8) is 0 Å². The molecule has 2 N–H and O–H groups in total. The third-order valence-electron chi connectivity index (χ3n) is 3.63. The first kappa shape index (κ1) is 21.7. The van der Waals surface area contributed by atoms with Crippen molar-refractivity contribution in [3.05, 3.63) is 46.6 Å². The number of phenolic OH excluding ortho intramolecular Hbond substituents is 1. The highest BCUT2D eigenvalue weighted by Gasteiger charge is 2.14. The maximum absolute atomic E-state index is 12.0. The Morgan fingerprint density at radius 2 is 2.17 bits per heavy atom. The molecule has 0 atom stereocenters. The standard InChI is InChI=1S/C20H22N4O5/c1-4-28-18-8-14(5-6-17(18)25)10-22-24-19(26)12-29-20-16(9-21)15(11-27-3)7-13(2)23-20/h5-8,10,25H,4,11-12H2,1-3H3,(H,24,26)/b22-10-. The zero-order valence-electron chi connectivity index (χ0n) is 16.4. The van der Waals surface area contributed by atoms with Crippen LogP contribution in [0.1, 0.15) is 29.3 Å². The summed E-state index contributed by atoms with van der Waals surface area (Å²) in [5.74, 6) is -0.107. The van der Waals surface area contributed by atoms with E-state index in [1.807, 2.05) is 6.07 Å². The number of ether oxygens (including phenoxy) is 3. The number of benzene rings is 1. The topological polar surface area (TPSA) is 126 Å². The van der Waals surface area contributed by atoms with Crippen molar-refractivity contribution in [2.75, 3.05) is 20.3 Å². The quantitative estimate of drug-likeness (QED) is 0.489. The molecule has 0 aliphatic rings. The van der Waals surface area contributed by atoms with Crippen LogP contribution in [0.25, 0.3) is 0 Å². The van der Waals surface area contributed by atoms with Crippen molar-refractivity contribution in [1.82, 2.24) is 10.4 Å². The minimum Gasteiger partial charge on any atom is -0.504 e. The van der Waals surface area contributed by atoms with Crippen LogP contribution in [0.3, 0.4) is 0 Å². The number of hydrogen-bond acceptors (Lipinski definition) is 8. The van der Waals surface area contributed by atoms with Gasteiger partial charge in [0.15, 0.2) is 18.1 Å². The summed E-state index contributed by atoms with van der Waals surface area (Å²) in [5.41, 5.74) is 4.45. The van der Waals surface area contributed by atoms with E-state index in [-0.39, 0.29) is 30.4 Å². The Labute approximate surface area is 168 Å². The molecule has 2 rings (SSSR count). The monoisotopic (exact) mass is 398 g/mol. The summed E-state index contributed by atoms with van der Waals surface area (Å²) in [6.07, 6.45) is 1.40. The van der Waals surface area contributed by atoms with E-state index in [1.54, 1.807) is 32.0 Å². The second-order valence-corrected chi connectivity index (χ2v) is 5.89. The molecule has 1 aromatic heterocycles. The number of phenols is 1. The minimum absolute atomic E-state index is 0.0215. The average Bonchev–Trinajstić information content (AvgIpc) is 2.69. The molecule has 0 spiro atoms. The molecule has 29 heavy (non-hydrogen) atoms. The van der Waals surface area contributed by atoms with Gasteiger partial charge in [-0.15, -0.1) is 0 Å². The summed E-state index contributed by atoms with van der Waals surface area (Å²) in [5, 5.41) is 22.9. The molecule has 152 valence electrons. The molecule has 0 aliphatic carbocycles. The van der Waals surface area contributed by atoms with Gasteiger partial charge >= 0.3 is 0 Å². The van der Waals surface area contributed by atoms with E-state index < -0.39 is 5.91 Å². The molecule has 9 nitrogen and oxygen atoms in total. The van der Waals surface area contributed by atoms with E-state index in [0.29, 0.717) is 29.2 Å². The van der Waals surface area contributed by atoms with E-state index in [9.17, 15) is 15.2 Å². The van der Waals surface area contributed by atoms with Gasteiger partial charge in [-0.05, 0) is 43.7 Å². The Morgan fingerprint density at radius 1 is 1.38 bits per heavy atom. The molecular weight excluding hydrogens is 376 g/mol. The summed E-state index contributed by atoms with van der Waals surface area (Å²) < 4.78 is 15.8. The lowest BCUT2D eigenvalue weighted by Crippen LogP contribution is -2.25. The van der Waals surface area contributed by atoms with Crippen LogP contribution in [0.4, 0.5) is 0 Å². The van der Waals surface area contributed by atoms with Crippen molar-refractivity contribution >= 4 is 12.1 Å². The molecule has 0 radical (unpaired) electrons. The molecule has 0 bridgehead atoms. The zero-order chi connectivity index (χ0) is 21.2. The Morgan fingerprint density at radius 3 is 2.86 bits per heavy atom. The van der Waals surface area contributed by atoms with Gasteiger partial charge in [0, 0.05) is 18.4 Å². The molecule has 1 amide bonds. The first-order chi connectivity index (χ1) is 14.0. The molecule has 0 saturated heterocycles. The van der Waals surface area contributed by atoms with E-state index in [0.717, 1.165) is 0 Å². The smallest absolute Gasteiger partial charge is 0.278 e. The molecule has 0 unspecified atom stereocenters. The van der Waals surface area contributed by atoms with Gasteiger partial charge in [-0.25, -0.2) is 10.4 Å². The van der Waals surface area contributed by atoms with Crippen molar-refractivity contribution < 1.29 is 24.1 Å². The third kappa shape index (κ3) is 6.19. The Kier molecular flexibility index (Phi) is 7.94. The SMILES string of the molecule is CCOc1cc(/C=N\NC(=O)COc2nc(C)cc(COC)c2C#N)ccc1O. The van der Waals surface area contributed by atoms with Crippen molar-refractivity contribution in [1.29, 1.82) is 5.26 Å². The lowest BCUT2D eigenvalue weighted by Gasteiger charge is -2.10. The number of pyridine rings is 1. The number of hydrogen-bond donors (Lipinski definition) is 2. The zero-order valence-corrected chi connectivity index (χ0v) is 16.4. The summed E-state index contributed by atoms with van der Waals surface area (Å²) in [6, 6.07) is 8.44. The maximum Gasteiger partial charge on any atom is 0.278 e. The molecule has 9 heteroatoms. The molecule has 0 saturated carbocycles. The van der Waals surface area contributed by atoms with Crippen LogP contribution in [0, 0.1) is 18.3 Å². The fourth-order valence-electron chi connectivity index (χ4n) is 2.43. The number of carbonyl (C=O) groups excluding carboxylic acids is 1. The van der Waals surface area contributed by atoms with Gasteiger partial charge in [-0.2, -0.15) is 10.4 Å². The number of nitrogens with one attached hydrogen (secondary N) is 1. The Hall–Kier alpha value is -3.64. The number of nitrogens with zero attached hydrogens (tertiary/aromatic N) is 3. The van der Waals surface area contributed by atoms with Gasteiger partial charge in [0.2, 0.25) is 5.88 Å². The first-order valence-corrected chi connectivity index (χ1v) is 8.78. The van der Waals surface area contributed by atoms with Crippen LogP contribution in [0.15, 0.2) is 29.4 Å². The molecule has 1 aromatic carbocycles. The van der Waals surface area contributed by atoms with E-state index in [2.05, 4.69) is 15.5 Å². The molecular formula is C20H22N4O5. The van der Waals surface area contributed by atoms with E-state index in [4.69, 9.17) is 14.2 Å². The summed E-state index contributed by atoms with van der Waals surface area (Å²) in [4.78, 5) is 16.1. The summed E-state index contributed by atoms with van der Waals surface area (Å²) in [7, 11) is 1.52. The van der Waals surface area contributed by atoms with Crippen LogP contribution in [0.5, 0.6) is 17.4 Å². The maximum atomic E-state index is 12.0. The molecule has 1 heterocycles. The third-order valence-corrected chi connectivity index (χ3v) is 3.63. The highest BCUT2D eigenvalue weighted by atomic mass is 16.5. The molecule has 0 fully saturated rings. The number of nitriles is 1. The molecule has 0 aliphatic heterocycles. The lowest BCUT2D eigenvalue weighted by atomic mass is 10.1. The second kappa shape index (κ2) is 10.6. The summed E-state index contributed by atoms with van der Waals surface area (Å²) in [6.45, 7) is 3.83. The van der Waals surface area contributed by atoms with Crippen LogP contribution in [-0.2, 0) is 16.1 Å². The largest absolute Gasteiger partial charge is 0.504 e. The number of aromatic hydroxyl groups is 1. The normalized spacial score (nSPS) is 10.6. The Bertz CT molecular complexity index is 937. The van der Waals surface area contributed by atoms with Crippen molar-refractivity contribution in [3.8, 4) is 23.4 Å². The van der Waals surface area contributed by atoms with Crippen molar-refractivity contribution in [2.24, 2.45) is 5.10 Å². The van der Waals surface area contributed by atoms with Gasteiger partial charge < -0.3 is 19.3 Å². The average molecular weight is 398 g/mol.